The first-order valence-corrected chi connectivity index (χ1v) is 12.3. The second-order valence-electron chi connectivity index (χ2n) is 8.31. The third kappa shape index (κ3) is 3.89. The van der Waals surface area contributed by atoms with Crippen LogP contribution >= 0.6 is 0 Å². The molecule has 2 aliphatic rings. The fraction of sp³-hybridized carbons (Fsp3) is 0.348. The Morgan fingerprint density at radius 1 is 0.970 bits per heavy atom. The molecule has 33 heavy (non-hydrogen) atoms. The highest BCUT2D eigenvalue weighted by Gasteiger charge is 2.29. The number of piperidine rings is 1. The fourth-order valence-electron chi connectivity index (χ4n) is 4.60. The Morgan fingerprint density at radius 3 is 2.48 bits per heavy atom. The number of benzene rings is 2. The summed E-state index contributed by atoms with van der Waals surface area (Å²) in [6, 6.07) is 8.60. The van der Waals surface area contributed by atoms with Crippen molar-refractivity contribution in [1.29, 1.82) is 0 Å². The summed E-state index contributed by atoms with van der Waals surface area (Å²) in [6.07, 6.45) is 4.90. The Morgan fingerprint density at radius 2 is 1.73 bits per heavy atom. The van der Waals surface area contributed by atoms with Crippen LogP contribution in [-0.2, 0) is 22.9 Å². The molecule has 1 fully saturated rings. The second-order valence-corrected chi connectivity index (χ2v) is 10.2. The molecule has 172 valence electrons. The minimum Gasteiger partial charge on any atom is -0.450 e. The maximum atomic E-state index is 12.9. The molecule has 0 atom stereocenters. The smallest absolute Gasteiger partial charge is 0.339 e. The van der Waals surface area contributed by atoms with Gasteiger partial charge in [0.25, 0.3) is 0 Å². The van der Waals surface area contributed by atoms with Crippen molar-refractivity contribution in [3.05, 3.63) is 68.1 Å². The van der Waals surface area contributed by atoms with Gasteiger partial charge in [-0.3, -0.25) is 10.1 Å². The van der Waals surface area contributed by atoms with Gasteiger partial charge in [0.2, 0.25) is 15.8 Å². The van der Waals surface area contributed by atoms with Gasteiger partial charge in [-0.1, -0.05) is 6.42 Å². The van der Waals surface area contributed by atoms with E-state index in [-0.39, 0.29) is 22.0 Å². The molecule has 2 aromatic carbocycles. The molecule has 0 saturated carbocycles. The van der Waals surface area contributed by atoms with Crippen molar-refractivity contribution in [3.8, 4) is 11.5 Å². The van der Waals surface area contributed by atoms with Crippen molar-refractivity contribution in [2.45, 2.75) is 43.4 Å². The summed E-state index contributed by atoms with van der Waals surface area (Å²) < 4.78 is 38.4. The van der Waals surface area contributed by atoms with Gasteiger partial charge in [0.15, 0.2) is 0 Å². The van der Waals surface area contributed by atoms with Crippen LogP contribution in [0.25, 0.3) is 11.0 Å². The van der Waals surface area contributed by atoms with Gasteiger partial charge in [-0.05, 0) is 61.9 Å². The molecule has 2 heterocycles. The monoisotopic (exact) mass is 470 g/mol. The van der Waals surface area contributed by atoms with Crippen molar-refractivity contribution >= 4 is 26.7 Å². The van der Waals surface area contributed by atoms with Gasteiger partial charge in [-0.2, -0.15) is 4.31 Å². The number of sulfonamides is 1. The van der Waals surface area contributed by atoms with E-state index in [9.17, 15) is 23.3 Å². The second kappa shape index (κ2) is 8.27. The van der Waals surface area contributed by atoms with Gasteiger partial charge < -0.3 is 9.15 Å². The van der Waals surface area contributed by atoms with Crippen molar-refractivity contribution in [2.24, 2.45) is 0 Å². The van der Waals surface area contributed by atoms with Crippen LogP contribution in [0.3, 0.4) is 0 Å². The van der Waals surface area contributed by atoms with Crippen LogP contribution in [0.2, 0.25) is 0 Å². The highest BCUT2D eigenvalue weighted by molar-refractivity contribution is 7.89. The molecule has 0 radical (unpaired) electrons. The summed E-state index contributed by atoms with van der Waals surface area (Å²) in [5.74, 6) is 0.152. The lowest BCUT2D eigenvalue weighted by Crippen LogP contribution is -2.35. The van der Waals surface area contributed by atoms with Crippen LogP contribution in [0, 0.1) is 10.1 Å². The first kappa shape index (κ1) is 21.6. The lowest BCUT2D eigenvalue weighted by Gasteiger charge is -2.25. The zero-order chi connectivity index (χ0) is 23.2. The number of nitro benzene ring substituents is 1. The zero-order valence-corrected chi connectivity index (χ0v) is 18.6. The molecule has 1 aromatic heterocycles. The van der Waals surface area contributed by atoms with E-state index in [4.69, 9.17) is 9.15 Å². The first-order valence-electron chi connectivity index (χ1n) is 10.9. The van der Waals surface area contributed by atoms with E-state index in [1.165, 1.54) is 22.5 Å². The van der Waals surface area contributed by atoms with Crippen molar-refractivity contribution < 1.29 is 22.5 Å². The van der Waals surface area contributed by atoms with Gasteiger partial charge in [-0.25, -0.2) is 13.2 Å². The third-order valence-electron chi connectivity index (χ3n) is 6.25. The Balaban J connectivity index is 1.49. The minimum absolute atomic E-state index is 0.0968. The Hall–Kier alpha value is -3.24. The van der Waals surface area contributed by atoms with E-state index < -0.39 is 20.6 Å². The Kier molecular flexibility index (Phi) is 5.41. The van der Waals surface area contributed by atoms with E-state index >= 15 is 0 Å². The first-order chi connectivity index (χ1) is 15.8. The highest BCUT2D eigenvalue weighted by atomic mass is 32.2. The van der Waals surface area contributed by atoms with Gasteiger partial charge >= 0.3 is 11.3 Å². The van der Waals surface area contributed by atoms with Crippen molar-refractivity contribution in [3.63, 3.8) is 0 Å². The van der Waals surface area contributed by atoms with Crippen LogP contribution in [0.15, 0.2) is 50.5 Å². The number of hydrogen-bond donors (Lipinski definition) is 0. The van der Waals surface area contributed by atoms with E-state index in [1.54, 1.807) is 12.1 Å². The highest BCUT2D eigenvalue weighted by Crippen LogP contribution is 2.36. The number of ether oxygens (including phenoxy) is 1. The number of nitro groups is 1. The third-order valence-corrected chi connectivity index (χ3v) is 8.15. The summed E-state index contributed by atoms with van der Waals surface area (Å²) in [4.78, 5) is 23.1. The number of fused-ring (bicyclic) bond motifs is 3. The summed E-state index contributed by atoms with van der Waals surface area (Å²) in [7, 11) is -3.82. The summed E-state index contributed by atoms with van der Waals surface area (Å²) >= 11 is 0. The molecule has 5 rings (SSSR count). The largest absolute Gasteiger partial charge is 0.450 e. The molecular weight excluding hydrogens is 448 g/mol. The quantitative estimate of drug-likeness (QED) is 0.312. The average Bonchev–Trinajstić information content (AvgIpc) is 3.30. The molecule has 0 unspecified atom stereocenters. The summed E-state index contributed by atoms with van der Waals surface area (Å²) in [6.45, 7) is 0.806. The van der Waals surface area contributed by atoms with Crippen molar-refractivity contribution in [1.82, 2.24) is 4.31 Å². The lowest BCUT2D eigenvalue weighted by atomic mass is 10.1. The molecule has 1 saturated heterocycles. The predicted octanol–water partition coefficient (Wildman–Crippen LogP) is 4.16. The van der Waals surface area contributed by atoms with E-state index in [0.717, 1.165) is 49.1 Å². The number of aryl methyl sites for hydroxylation is 1. The van der Waals surface area contributed by atoms with E-state index in [1.807, 2.05) is 0 Å². The standard InChI is InChI=1S/C23H22N2O7S/c26-23-19-6-4-5-17(19)18-9-7-15(13-22(18)32-23)31-21-10-8-16(14-20(21)25(27)28)33(29,30)24-11-2-1-3-12-24/h7-10,13-14H,1-6,11-12H2. The van der Waals surface area contributed by atoms with Gasteiger partial charge in [0.05, 0.1) is 9.82 Å². The molecule has 10 heteroatoms. The van der Waals surface area contributed by atoms with E-state index in [0.29, 0.717) is 30.7 Å². The molecule has 0 amide bonds. The van der Waals surface area contributed by atoms with Gasteiger partial charge in [0, 0.05) is 36.2 Å². The van der Waals surface area contributed by atoms with Crippen molar-refractivity contribution in [2.75, 3.05) is 13.1 Å². The van der Waals surface area contributed by atoms with Crippen LogP contribution in [0.1, 0.15) is 36.8 Å². The van der Waals surface area contributed by atoms with Crippen LogP contribution in [-0.4, -0.2) is 30.7 Å². The molecule has 1 aliphatic heterocycles. The summed E-state index contributed by atoms with van der Waals surface area (Å²) in [5, 5.41) is 12.5. The van der Waals surface area contributed by atoms with Gasteiger partial charge in [-0.15, -0.1) is 0 Å². The Bertz CT molecular complexity index is 1420. The lowest BCUT2D eigenvalue weighted by molar-refractivity contribution is -0.385. The average molecular weight is 471 g/mol. The van der Waals surface area contributed by atoms with Crippen LogP contribution in [0.4, 0.5) is 5.69 Å². The normalized spacial score (nSPS) is 16.6. The number of nitrogens with zero attached hydrogens (tertiary/aromatic N) is 2. The SMILES string of the molecule is O=c1oc2cc(Oc3ccc(S(=O)(=O)N4CCCCC4)cc3[N+](=O)[O-])ccc2c2c1CCC2. The van der Waals surface area contributed by atoms with E-state index in [2.05, 4.69) is 0 Å². The van der Waals surface area contributed by atoms with Gasteiger partial charge in [0.1, 0.15) is 11.3 Å². The number of hydrogen-bond acceptors (Lipinski definition) is 7. The molecule has 0 spiro atoms. The molecule has 0 N–H and O–H groups in total. The predicted molar refractivity (Wildman–Crippen MR) is 120 cm³/mol. The summed E-state index contributed by atoms with van der Waals surface area (Å²) in [5.41, 5.74) is 1.21. The maximum Gasteiger partial charge on any atom is 0.339 e. The number of rotatable bonds is 5. The molecule has 1 aliphatic carbocycles. The molecule has 9 nitrogen and oxygen atoms in total. The molecule has 0 bridgehead atoms. The van der Waals surface area contributed by atoms with Crippen LogP contribution < -0.4 is 10.4 Å². The minimum atomic E-state index is -3.82. The topological polar surface area (TPSA) is 120 Å². The fourth-order valence-corrected chi connectivity index (χ4v) is 6.13. The molecular formula is C23H22N2O7S. The molecule has 3 aromatic rings. The Labute approximate surface area is 189 Å². The maximum absolute atomic E-state index is 12.9. The zero-order valence-electron chi connectivity index (χ0n) is 17.8. The van der Waals surface area contributed by atoms with Crippen LogP contribution in [0.5, 0.6) is 11.5 Å².